The summed E-state index contributed by atoms with van der Waals surface area (Å²) in [4.78, 5) is 21.5. The summed E-state index contributed by atoms with van der Waals surface area (Å²) >= 11 is 0. The zero-order chi connectivity index (χ0) is 26.3. The van der Waals surface area contributed by atoms with Crippen LogP contribution in [0.15, 0.2) is 67.4 Å². The fourth-order valence-corrected chi connectivity index (χ4v) is 4.02. The molecule has 1 aliphatic carbocycles. The number of rotatable bonds is 7. The van der Waals surface area contributed by atoms with Gasteiger partial charge in [0.05, 0.1) is 16.9 Å². The van der Waals surface area contributed by atoms with Crippen molar-refractivity contribution >= 4 is 28.6 Å². The van der Waals surface area contributed by atoms with Crippen molar-refractivity contribution < 1.29 is 13.2 Å². The SMILES string of the molecule is Nc1ccc(-c2ccc3nc(NCc4ccc(-n5cncn5)cc4)nc(NC4(C(F)(F)F)CC4)c3n2)cn1. The number of aromatic nitrogens is 7. The highest BCUT2D eigenvalue weighted by molar-refractivity contribution is 5.88. The summed E-state index contributed by atoms with van der Waals surface area (Å²) in [5.41, 5.74) is 7.23. The Bertz CT molecular complexity index is 1580. The normalized spacial score (nSPS) is 14.4. The molecule has 38 heavy (non-hydrogen) atoms. The van der Waals surface area contributed by atoms with Crippen molar-refractivity contribution in [2.75, 3.05) is 16.4 Å². The fraction of sp³-hybridized carbons (Fsp3) is 0.200. The monoisotopic (exact) mass is 518 g/mol. The lowest BCUT2D eigenvalue weighted by atomic mass is 10.1. The summed E-state index contributed by atoms with van der Waals surface area (Å²) in [5.74, 6) is 0.547. The summed E-state index contributed by atoms with van der Waals surface area (Å²) in [6.07, 6.45) is 0.103. The van der Waals surface area contributed by atoms with Crippen molar-refractivity contribution in [3.63, 3.8) is 0 Å². The predicted octanol–water partition coefficient (Wildman–Crippen LogP) is 4.37. The summed E-state index contributed by atoms with van der Waals surface area (Å²) in [7, 11) is 0. The highest BCUT2D eigenvalue weighted by Gasteiger charge is 2.64. The lowest BCUT2D eigenvalue weighted by Gasteiger charge is -2.22. The molecule has 13 heteroatoms. The third kappa shape index (κ3) is 4.53. The first-order chi connectivity index (χ1) is 18.3. The molecule has 0 radical (unpaired) electrons. The van der Waals surface area contributed by atoms with E-state index in [1.807, 2.05) is 24.3 Å². The molecule has 4 aromatic heterocycles. The number of nitrogen functional groups attached to an aromatic ring is 1. The van der Waals surface area contributed by atoms with E-state index in [0.717, 1.165) is 11.3 Å². The Hall–Kier alpha value is -4.81. The molecule has 0 unspecified atom stereocenters. The van der Waals surface area contributed by atoms with Gasteiger partial charge in [-0.25, -0.2) is 24.6 Å². The van der Waals surface area contributed by atoms with Gasteiger partial charge < -0.3 is 16.4 Å². The predicted molar refractivity (Wildman–Crippen MR) is 135 cm³/mol. The molecular weight excluding hydrogens is 497 g/mol. The highest BCUT2D eigenvalue weighted by Crippen LogP contribution is 2.51. The van der Waals surface area contributed by atoms with Gasteiger partial charge in [0.1, 0.15) is 29.5 Å². The van der Waals surface area contributed by atoms with Crippen LogP contribution in [-0.4, -0.2) is 46.4 Å². The van der Waals surface area contributed by atoms with Crippen LogP contribution < -0.4 is 16.4 Å². The molecule has 192 valence electrons. The summed E-state index contributed by atoms with van der Waals surface area (Å²) in [6, 6.07) is 14.4. The van der Waals surface area contributed by atoms with Gasteiger partial charge in [-0.1, -0.05) is 12.1 Å². The van der Waals surface area contributed by atoms with Crippen molar-refractivity contribution in [3.8, 4) is 16.9 Å². The molecule has 1 saturated carbocycles. The molecule has 0 atom stereocenters. The Kier molecular flexibility index (Phi) is 5.55. The number of fused-ring (bicyclic) bond motifs is 1. The van der Waals surface area contributed by atoms with Gasteiger partial charge >= 0.3 is 6.18 Å². The van der Waals surface area contributed by atoms with Crippen LogP contribution in [0, 0.1) is 0 Å². The summed E-state index contributed by atoms with van der Waals surface area (Å²) in [5, 5.41) is 9.84. The van der Waals surface area contributed by atoms with Gasteiger partial charge in [-0.15, -0.1) is 0 Å². The van der Waals surface area contributed by atoms with Crippen LogP contribution in [0.3, 0.4) is 0 Å². The van der Waals surface area contributed by atoms with E-state index in [1.54, 1.807) is 41.5 Å². The Labute approximate surface area is 214 Å². The number of nitrogens with two attached hydrogens (primary N) is 1. The van der Waals surface area contributed by atoms with Crippen molar-refractivity contribution in [2.24, 2.45) is 0 Å². The third-order valence-electron chi connectivity index (χ3n) is 6.34. The molecule has 0 amide bonds. The molecule has 1 aliphatic rings. The number of nitrogens with one attached hydrogen (secondary N) is 2. The average molecular weight is 519 g/mol. The molecule has 4 heterocycles. The number of pyridine rings is 2. The lowest BCUT2D eigenvalue weighted by molar-refractivity contribution is -0.151. The van der Waals surface area contributed by atoms with Gasteiger partial charge in [0.2, 0.25) is 5.95 Å². The average Bonchev–Trinajstić information content (AvgIpc) is 3.51. The van der Waals surface area contributed by atoms with Gasteiger partial charge in [-0.2, -0.15) is 23.3 Å². The number of hydrogen-bond acceptors (Lipinski definition) is 9. The van der Waals surface area contributed by atoms with Crippen molar-refractivity contribution in [3.05, 3.63) is 72.9 Å². The zero-order valence-corrected chi connectivity index (χ0v) is 19.8. The van der Waals surface area contributed by atoms with E-state index < -0.39 is 11.7 Å². The van der Waals surface area contributed by atoms with E-state index in [-0.39, 0.29) is 30.1 Å². The maximum absolute atomic E-state index is 13.8. The number of nitrogens with zero attached hydrogens (tertiary/aromatic N) is 7. The minimum atomic E-state index is -4.43. The first-order valence-electron chi connectivity index (χ1n) is 11.7. The van der Waals surface area contributed by atoms with E-state index in [9.17, 15) is 13.2 Å². The Morgan fingerprint density at radius 2 is 1.79 bits per heavy atom. The molecule has 0 saturated heterocycles. The molecule has 0 aliphatic heterocycles. The Morgan fingerprint density at radius 3 is 2.45 bits per heavy atom. The smallest absolute Gasteiger partial charge is 0.384 e. The summed E-state index contributed by atoms with van der Waals surface area (Å²) in [6.45, 7) is 0.357. The van der Waals surface area contributed by atoms with E-state index in [0.29, 0.717) is 29.1 Å². The number of halogens is 3. The zero-order valence-electron chi connectivity index (χ0n) is 19.8. The number of benzene rings is 1. The minimum absolute atomic E-state index is 0.0131. The molecule has 10 nitrogen and oxygen atoms in total. The molecule has 0 bridgehead atoms. The van der Waals surface area contributed by atoms with Crippen molar-refractivity contribution in [1.82, 2.24) is 34.7 Å². The van der Waals surface area contributed by atoms with Gasteiger partial charge in [0, 0.05) is 18.3 Å². The second-order valence-electron chi connectivity index (χ2n) is 9.00. The van der Waals surface area contributed by atoms with Crippen LogP contribution in [0.1, 0.15) is 18.4 Å². The molecular formula is C25H21F3N10. The van der Waals surface area contributed by atoms with Crippen molar-refractivity contribution in [1.29, 1.82) is 0 Å². The molecule has 1 fully saturated rings. The van der Waals surface area contributed by atoms with Gasteiger partial charge in [0.15, 0.2) is 5.82 Å². The first-order valence-corrected chi connectivity index (χ1v) is 11.7. The van der Waals surface area contributed by atoms with Crippen LogP contribution in [0.2, 0.25) is 0 Å². The second kappa shape index (κ2) is 8.94. The quantitative estimate of drug-likeness (QED) is 0.287. The van der Waals surface area contributed by atoms with E-state index >= 15 is 0 Å². The first kappa shape index (κ1) is 23.6. The third-order valence-corrected chi connectivity index (χ3v) is 6.34. The molecule has 0 spiro atoms. The van der Waals surface area contributed by atoms with Crippen LogP contribution in [-0.2, 0) is 6.54 Å². The number of alkyl halides is 3. The number of anilines is 3. The summed E-state index contributed by atoms with van der Waals surface area (Å²) < 4.78 is 43.0. The van der Waals surface area contributed by atoms with Crippen LogP contribution in [0.4, 0.5) is 30.8 Å². The standard InChI is InChI=1S/C25H21F3N10/c26-25(27,28)24(9-10-24)37-22-21-19(7-6-18(34-21)16-3-8-20(29)31-12-16)35-23(36-22)32-11-15-1-4-17(5-2-15)38-14-30-13-33-38/h1-8,12-14H,9-11H2,(H2,29,31)(H2,32,35,36,37). The molecule has 6 rings (SSSR count). The number of hydrogen-bond donors (Lipinski definition) is 3. The van der Waals surface area contributed by atoms with Gasteiger partial charge in [-0.05, 0) is 54.8 Å². The van der Waals surface area contributed by atoms with Crippen molar-refractivity contribution in [2.45, 2.75) is 31.1 Å². The lowest BCUT2D eigenvalue weighted by Crippen LogP contribution is -2.39. The van der Waals surface area contributed by atoms with E-state index in [1.165, 1.54) is 6.33 Å². The second-order valence-corrected chi connectivity index (χ2v) is 9.00. The van der Waals surface area contributed by atoms with Crippen LogP contribution in [0.5, 0.6) is 0 Å². The molecule has 4 N–H and O–H groups in total. The van der Waals surface area contributed by atoms with Gasteiger partial charge in [0.25, 0.3) is 0 Å². The maximum atomic E-state index is 13.8. The largest absolute Gasteiger partial charge is 0.411 e. The van der Waals surface area contributed by atoms with Crippen LogP contribution >= 0.6 is 0 Å². The topological polar surface area (TPSA) is 132 Å². The van der Waals surface area contributed by atoms with E-state index in [4.69, 9.17) is 5.73 Å². The molecule has 5 aromatic rings. The highest BCUT2D eigenvalue weighted by atomic mass is 19.4. The van der Waals surface area contributed by atoms with Gasteiger partial charge in [-0.3, -0.25) is 0 Å². The van der Waals surface area contributed by atoms with E-state index in [2.05, 4.69) is 40.7 Å². The molecule has 1 aromatic carbocycles. The fourth-order valence-electron chi connectivity index (χ4n) is 4.02. The Morgan fingerprint density at radius 1 is 0.974 bits per heavy atom. The minimum Gasteiger partial charge on any atom is -0.384 e. The maximum Gasteiger partial charge on any atom is 0.411 e. The Balaban J connectivity index is 1.32. The van der Waals surface area contributed by atoms with Crippen LogP contribution in [0.25, 0.3) is 28.0 Å².